The van der Waals surface area contributed by atoms with Gasteiger partial charge in [0.25, 0.3) is 0 Å². The maximum atomic E-state index is 11.9. The number of carbonyl (C=O) groups is 2. The Bertz CT molecular complexity index is 273. The molecule has 0 aliphatic heterocycles. The highest BCUT2D eigenvalue weighted by molar-refractivity contribution is 5.82. The van der Waals surface area contributed by atoms with Crippen LogP contribution in [0.3, 0.4) is 0 Å². The summed E-state index contributed by atoms with van der Waals surface area (Å²) >= 11 is 0. The first-order chi connectivity index (χ1) is 8.06. The van der Waals surface area contributed by atoms with Crippen molar-refractivity contribution >= 4 is 11.9 Å². The molecule has 2 atom stereocenters. The van der Waals surface area contributed by atoms with Crippen LogP contribution in [0.2, 0.25) is 0 Å². The second kappa shape index (κ2) is 6.62. The zero-order valence-corrected chi connectivity index (χ0v) is 10.9. The van der Waals surface area contributed by atoms with Crippen molar-refractivity contribution in [1.29, 1.82) is 0 Å². The molecule has 17 heavy (non-hydrogen) atoms. The summed E-state index contributed by atoms with van der Waals surface area (Å²) in [4.78, 5) is 23.5. The molecule has 0 aromatic rings. The quantitative estimate of drug-likeness (QED) is 0.709. The monoisotopic (exact) mass is 242 g/mol. The maximum absolute atomic E-state index is 11.9. The van der Waals surface area contributed by atoms with E-state index in [1.165, 1.54) is 7.11 Å². The summed E-state index contributed by atoms with van der Waals surface area (Å²) in [5, 5.41) is 0. The van der Waals surface area contributed by atoms with Crippen molar-refractivity contribution in [3.8, 4) is 0 Å². The highest BCUT2D eigenvalue weighted by Gasteiger charge is 2.37. The van der Waals surface area contributed by atoms with Gasteiger partial charge in [0.15, 0.2) is 0 Å². The summed E-state index contributed by atoms with van der Waals surface area (Å²) < 4.78 is 9.97. The highest BCUT2D eigenvalue weighted by Crippen LogP contribution is 2.31. The Hall–Kier alpha value is -1.06. The molecule has 2 unspecified atom stereocenters. The lowest BCUT2D eigenvalue weighted by molar-refractivity contribution is -0.161. The number of esters is 2. The molecule has 0 spiro atoms. The molecule has 1 aliphatic carbocycles. The molecule has 1 rings (SSSR count). The fourth-order valence-electron chi connectivity index (χ4n) is 2.20. The third kappa shape index (κ3) is 4.02. The SMILES string of the molecule is COC(=O)C1CCCCC1C(=O)OCC(C)C. The molecule has 0 N–H and O–H groups in total. The lowest BCUT2D eigenvalue weighted by Gasteiger charge is -2.27. The molecule has 1 saturated carbocycles. The Labute approximate surface area is 103 Å². The fourth-order valence-corrected chi connectivity index (χ4v) is 2.20. The normalized spacial score (nSPS) is 24.5. The smallest absolute Gasteiger partial charge is 0.309 e. The van der Waals surface area contributed by atoms with Crippen LogP contribution in [-0.2, 0) is 19.1 Å². The van der Waals surface area contributed by atoms with Crippen LogP contribution in [0.5, 0.6) is 0 Å². The lowest BCUT2D eigenvalue weighted by Crippen LogP contribution is -2.35. The van der Waals surface area contributed by atoms with Crippen molar-refractivity contribution in [2.75, 3.05) is 13.7 Å². The predicted octanol–water partition coefficient (Wildman–Crippen LogP) is 2.17. The van der Waals surface area contributed by atoms with E-state index >= 15 is 0 Å². The van der Waals surface area contributed by atoms with Gasteiger partial charge in [-0.05, 0) is 18.8 Å². The van der Waals surface area contributed by atoms with Gasteiger partial charge in [0.1, 0.15) is 0 Å². The van der Waals surface area contributed by atoms with Crippen molar-refractivity contribution in [3.63, 3.8) is 0 Å². The van der Waals surface area contributed by atoms with Gasteiger partial charge in [0, 0.05) is 0 Å². The molecule has 1 fully saturated rings. The number of carbonyl (C=O) groups excluding carboxylic acids is 2. The van der Waals surface area contributed by atoms with Crippen molar-refractivity contribution in [1.82, 2.24) is 0 Å². The average molecular weight is 242 g/mol. The van der Waals surface area contributed by atoms with Gasteiger partial charge in [-0.1, -0.05) is 26.7 Å². The van der Waals surface area contributed by atoms with E-state index < -0.39 is 0 Å². The molecule has 4 heteroatoms. The molecule has 0 aromatic carbocycles. The molecular formula is C13H22O4. The Morgan fingerprint density at radius 3 is 2.12 bits per heavy atom. The number of methoxy groups -OCH3 is 1. The van der Waals surface area contributed by atoms with Crippen molar-refractivity contribution in [3.05, 3.63) is 0 Å². The molecule has 1 aliphatic rings. The minimum Gasteiger partial charge on any atom is -0.469 e. The van der Waals surface area contributed by atoms with E-state index in [4.69, 9.17) is 9.47 Å². The van der Waals surface area contributed by atoms with Gasteiger partial charge in [0.05, 0.1) is 25.6 Å². The highest BCUT2D eigenvalue weighted by atomic mass is 16.5. The van der Waals surface area contributed by atoms with Gasteiger partial charge in [-0.25, -0.2) is 0 Å². The zero-order chi connectivity index (χ0) is 12.8. The molecule has 0 heterocycles. The third-order valence-electron chi connectivity index (χ3n) is 3.13. The third-order valence-corrected chi connectivity index (χ3v) is 3.13. The minimum atomic E-state index is -0.312. The van der Waals surface area contributed by atoms with Crippen LogP contribution in [0.4, 0.5) is 0 Å². The van der Waals surface area contributed by atoms with E-state index in [0.717, 1.165) is 25.7 Å². The van der Waals surface area contributed by atoms with Gasteiger partial charge in [-0.15, -0.1) is 0 Å². The van der Waals surface area contributed by atoms with Crippen LogP contribution in [0.25, 0.3) is 0 Å². The van der Waals surface area contributed by atoms with Crippen LogP contribution >= 0.6 is 0 Å². The van der Waals surface area contributed by atoms with Gasteiger partial charge in [-0.2, -0.15) is 0 Å². The van der Waals surface area contributed by atoms with Crippen LogP contribution in [0, 0.1) is 17.8 Å². The van der Waals surface area contributed by atoms with Gasteiger partial charge in [0.2, 0.25) is 0 Å². The first-order valence-corrected chi connectivity index (χ1v) is 6.30. The largest absolute Gasteiger partial charge is 0.469 e. The molecule has 98 valence electrons. The minimum absolute atomic E-state index is 0.242. The molecule has 0 bridgehead atoms. The van der Waals surface area contributed by atoms with Crippen molar-refractivity contribution in [2.24, 2.45) is 17.8 Å². The average Bonchev–Trinajstić information content (AvgIpc) is 2.34. The molecule has 4 nitrogen and oxygen atoms in total. The maximum Gasteiger partial charge on any atom is 0.309 e. The summed E-state index contributed by atoms with van der Waals surface area (Å²) in [7, 11) is 1.37. The predicted molar refractivity (Wildman–Crippen MR) is 63.3 cm³/mol. The van der Waals surface area contributed by atoms with E-state index in [0.29, 0.717) is 12.5 Å². The van der Waals surface area contributed by atoms with Gasteiger partial charge < -0.3 is 9.47 Å². The fraction of sp³-hybridized carbons (Fsp3) is 0.846. The standard InChI is InChI=1S/C13H22O4/c1-9(2)8-17-13(15)11-7-5-4-6-10(11)12(14)16-3/h9-11H,4-8H2,1-3H3. The lowest BCUT2D eigenvalue weighted by atomic mass is 9.79. The van der Waals surface area contributed by atoms with E-state index in [9.17, 15) is 9.59 Å². The summed E-state index contributed by atoms with van der Waals surface area (Å²) in [6, 6.07) is 0. The summed E-state index contributed by atoms with van der Waals surface area (Å²) in [6.07, 6.45) is 3.42. The molecule has 0 saturated heterocycles. The van der Waals surface area contributed by atoms with Gasteiger partial charge in [-0.3, -0.25) is 9.59 Å². The second-order valence-corrected chi connectivity index (χ2v) is 5.04. The Kier molecular flexibility index (Phi) is 5.45. The van der Waals surface area contributed by atoms with E-state index in [1.54, 1.807) is 0 Å². The van der Waals surface area contributed by atoms with E-state index in [-0.39, 0.29) is 23.8 Å². The topological polar surface area (TPSA) is 52.6 Å². The van der Waals surface area contributed by atoms with Crippen LogP contribution in [0.1, 0.15) is 39.5 Å². The molecule has 0 radical (unpaired) electrons. The number of ether oxygens (including phenoxy) is 2. The van der Waals surface area contributed by atoms with E-state index in [2.05, 4.69) is 0 Å². The van der Waals surface area contributed by atoms with Gasteiger partial charge >= 0.3 is 11.9 Å². The molecule has 0 aromatic heterocycles. The molecular weight excluding hydrogens is 220 g/mol. The Morgan fingerprint density at radius 1 is 1.12 bits per heavy atom. The van der Waals surface area contributed by atoms with Crippen LogP contribution < -0.4 is 0 Å². The molecule has 0 amide bonds. The van der Waals surface area contributed by atoms with E-state index in [1.807, 2.05) is 13.8 Å². The summed E-state index contributed by atoms with van der Waals surface area (Å²) in [5.74, 6) is -0.826. The van der Waals surface area contributed by atoms with Crippen molar-refractivity contribution in [2.45, 2.75) is 39.5 Å². The number of rotatable bonds is 4. The Balaban J connectivity index is 2.58. The summed E-state index contributed by atoms with van der Waals surface area (Å²) in [5.41, 5.74) is 0. The first-order valence-electron chi connectivity index (χ1n) is 6.30. The number of hydrogen-bond donors (Lipinski definition) is 0. The Morgan fingerprint density at radius 2 is 1.65 bits per heavy atom. The first kappa shape index (κ1) is 14.0. The zero-order valence-electron chi connectivity index (χ0n) is 10.9. The van der Waals surface area contributed by atoms with Crippen molar-refractivity contribution < 1.29 is 19.1 Å². The van der Waals surface area contributed by atoms with Crippen LogP contribution in [-0.4, -0.2) is 25.7 Å². The van der Waals surface area contributed by atoms with Crippen LogP contribution in [0.15, 0.2) is 0 Å². The summed E-state index contributed by atoms with van der Waals surface area (Å²) in [6.45, 7) is 4.40. The number of hydrogen-bond acceptors (Lipinski definition) is 4. The second-order valence-electron chi connectivity index (χ2n) is 5.04.